The van der Waals surface area contributed by atoms with E-state index >= 15 is 0 Å². The third kappa shape index (κ3) is 6.07. The highest BCUT2D eigenvalue weighted by atomic mass is 32.2. The maximum Gasteiger partial charge on any atom is 0.416 e. The number of rotatable bonds is 6. The summed E-state index contributed by atoms with van der Waals surface area (Å²) in [6.45, 7) is 7.32. The highest BCUT2D eigenvalue weighted by Crippen LogP contribution is 2.34. The number of carbonyl (C=O) groups excluding carboxylic acids is 1. The van der Waals surface area contributed by atoms with E-state index in [-0.39, 0.29) is 11.6 Å². The van der Waals surface area contributed by atoms with Gasteiger partial charge in [-0.15, -0.1) is 10.2 Å². The third-order valence-corrected chi connectivity index (χ3v) is 5.61. The molecule has 0 radical (unpaired) electrons. The van der Waals surface area contributed by atoms with Crippen molar-refractivity contribution in [3.05, 3.63) is 54.1 Å². The van der Waals surface area contributed by atoms with E-state index in [2.05, 4.69) is 15.5 Å². The molecule has 3 aromatic rings. The highest BCUT2D eigenvalue weighted by molar-refractivity contribution is 8.00. The molecule has 2 aromatic carbocycles. The zero-order valence-electron chi connectivity index (χ0n) is 18.9. The molecule has 0 bridgehead atoms. The van der Waals surface area contributed by atoms with Crippen molar-refractivity contribution in [2.75, 3.05) is 7.11 Å². The number of hydrogen-bond acceptors (Lipinski definition) is 5. The largest absolute Gasteiger partial charge is 0.497 e. The summed E-state index contributed by atoms with van der Waals surface area (Å²) >= 11 is 1.12. The fourth-order valence-electron chi connectivity index (χ4n) is 3.01. The van der Waals surface area contributed by atoms with Crippen LogP contribution in [0.1, 0.15) is 33.3 Å². The maximum absolute atomic E-state index is 13.4. The van der Waals surface area contributed by atoms with Gasteiger partial charge in [0.1, 0.15) is 5.75 Å². The fourth-order valence-corrected chi connectivity index (χ4v) is 3.88. The Balaban J connectivity index is 2.07. The Hall–Kier alpha value is -3.01. The van der Waals surface area contributed by atoms with E-state index in [0.29, 0.717) is 22.3 Å². The molecule has 10 heteroatoms. The standard InChI is InChI=1S/C23H25F3N4O2S/c1-14(20(31)27-22(2,3)4)33-21-29-28-19(15-9-11-18(32-5)12-10-15)30(21)17-8-6-7-16(13-17)23(24,25)26/h6-14H,1-5H3,(H,27,31). The number of benzene rings is 2. The first kappa shape index (κ1) is 24.6. The second-order valence-corrected chi connectivity index (χ2v) is 9.73. The molecular weight excluding hydrogens is 453 g/mol. The number of halogens is 3. The van der Waals surface area contributed by atoms with Crippen LogP contribution >= 0.6 is 11.8 Å². The zero-order valence-corrected chi connectivity index (χ0v) is 19.7. The number of methoxy groups -OCH3 is 1. The van der Waals surface area contributed by atoms with Gasteiger partial charge in [-0.05, 0) is 70.2 Å². The molecule has 0 aliphatic carbocycles. The number of ether oxygens (including phenoxy) is 1. The summed E-state index contributed by atoms with van der Waals surface area (Å²) in [5.74, 6) is 0.769. The Kier molecular flexibility index (Phi) is 7.06. The van der Waals surface area contributed by atoms with Crippen LogP contribution in [-0.4, -0.2) is 38.6 Å². The molecule has 6 nitrogen and oxygen atoms in total. The van der Waals surface area contributed by atoms with Crippen LogP contribution in [0.2, 0.25) is 0 Å². The van der Waals surface area contributed by atoms with Gasteiger partial charge < -0.3 is 10.1 Å². The molecule has 0 aliphatic rings. The minimum atomic E-state index is -4.50. The monoisotopic (exact) mass is 478 g/mol. The normalized spacial score (nSPS) is 13.0. The van der Waals surface area contributed by atoms with Crippen LogP contribution in [0, 0.1) is 0 Å². The lowest BCUT2D eigenvalue weighted by Crippen LogP contribution is -2.44. The second-order valence-electron chi connectivity index (χ2n) is 8.42. The summed E-state index contributed by atoms with van der Waals surface area (Å²) in [5.41, 5.74) is -0.329. The average Bonchev–Trinajstić information content (AvgIpc) is 3.15. The molecular formula is C23H25F3N4O2S. The molecule has 3 rings (SSSR count). The van der Waals surface area contributed by atoms with E-state index in [1.807, 2.05) is 20.8 Å². The maximum atomic E-state index is 13.4. The first-order chi connectivity index (χ1) is 15.4. The SMILES string of the molecule is COc1ccc(-c2nnc(SC(C)C(=O)NC(C)(C)C)n2-c2cccc(C(F)(F)F)c2)cc1. The van der Waals surface area contributed by atoms with E-state index in [1.165, 1.54) is 10.6 Å². The summed E-state index contributed by atoms with van der Waals surface area (Å²) in [5, 5.41) is 11.1. The number of hydrogen-bond donors (Lipinski definition) is 1. The molecule has 1 unspecified atom stereocenters. The van der Waals surface area contributed by atoms with Gasteiger partial charge in [-0.25, -0.2) is 0 Å². The molecule has 0 spiro atoms. The number of thioether (sulfide) groups is 1. The van der Waals surface area contributed by atoms with Crippen molar-refractivity contribution >= 4 is 17.7 Å². The Bertz CT molecular complexity index is 1120. The Morgan fingerprint density at radius 3 is 2.33 bits per heavy atom. The van der Waals surface area contributed by atoms with Gasteiger partial charge in [0.2, 0.25) is 5.91 Å². The van der Waals surface area contributed by atoms with Gasteiger partial charge >= 0.3 is 6.18 Å². The Morgan fingerprint density at radius 1 is 1.09 bits per heavy atom. The van der Waals surface area contributed by atoms with Gasteiger partial charge in [-0.2, -0.15) is 13.2 Å². The molecule has 1 heterocycles. The van der Waals surface area contributed by atoms with E-state index in [1.54, 1.807) is 44.4 Å². The van der Waals surface area contributed by atoms with Crippen LogP contribution in [0.25, 0.3) is 17.1 Å². The van der Waals surface area contributed by atoms with Gasteiger partial charge in [0, 0.05) is 11.1 Å². The lowest BCUT2D eigenvalue weighted by Gasteiger charge is -2.23. The van der Waals surface area contributed by atoms with Crippen molar-refractivity contribution in [1.82, 2.24) is 20.1 Å². The topological polar surface area (TPSA) is 69.0 Å². The van der Waals surface area contributed by atoms with Crippen molar-refractivity contribution in [2.24, 2.45) is 0 Å². The van der Waals surface area contributed by atoms with Crippen molar-refractivity contribution < 1.29 is 22.7 Å². The molecule has 0 fully saturated rings. The number of nitrogens with one attached hydrogen (secondary N) is 1. The van der Waals surface area contributed by atoms with Crippen molar-refractivity contribution in [3.63, 3.8) is 0 Å². The number of carbonyl (C=O) groups is 1. The quantitative estimate of drug-likeness (QED) is 0.483. The molecule has 1 N–H and O–H groups in total. The number of alkyl halides is 3. The van der Waals surface area contributed by atoms with Gasteiger partial charge in [0.15, 0.2) is 11.0 Å². The lowest BCUT2D eigenvalue weighted by molar-refractivity contribution is -0.137. The molecule has 0 saturated heterocycles. The lowest BCUT2D eigenvalue weighted by atomic mass is 10.1. The summed E-state index contributed by atoms with van der Waals surface area (Å²) < 4.78 is 46.8. The summed E-state index contributed by atoms with van der Waals surface area (Å²) in [6.07, 6.45) is -4.50. The number of aromatic nitrogens is 3. The molecule has 1 aromatic heterocycles. The molecule has 176 valence electrons. The van der Waals surface area contributed by atoms with Crippen LogP contribution < -0.4 is 10.1 Å². The van der Waals surface area contributed by atoms with E-state index in [0.717, 1.165) is 23.9 Å². The average molecular weight is 479 g/mol. The van der Waals surface area contributed by atoms with E-state index < -0.39 is 22.5 Å². The van der Waals surface area contributed by atoms with Crippen LogP contribution in [0.3, 0.4) is 0 Å². The van der Waals surface area contributed by atoms with Gasteiger partial charge in [-0.1, -0.05) is 17.8 Å². The van der Waals surface area contributed by atoms with Crippen LogP contribution in [0.5, 0.6) is 5.75 Å². The molecule has 0 saturated carbocycles. The first-order valence-corrected chi connectivity index (χ1v) is 11.0. The van der Waals surface area contributed by atoms with Crippen LogP contribution in [0.4, 0.5) is 13.2 Å². The summed E-state index contributed by atoms with van der Waals surface area (Å²) in [7, 11) is 1.54. The van der Waals surface area contributed by atoms with Crippen molar-refractivity contribution in [2.45, 2.75) is 49.8 Å². The summed E-state index contributed by atoms with van der Waals surface area (Å²) in [6, 6.07) is 11.9. The van der Waals surface area contributed by atoms with E-state index in [9.17, 15) is 18.0 Å². The Morgan fingerprint density at radius 2 is 1.76 bits per heavy atom. The Labute approximate surface area is 194 Å². The first-order valence-electron chi connectivity index (χ1n) is 10.2. The summed E-state index contributed by atoms with van der Waals surface area (Å²) in [4.78, 5) is 12.6. The number of amides is 1. The van der Waals surface area contributed by atoms with Crippen molar-refractivity contribution in [1.29, 1.82) is 0 Å². The van der Waals surface area contributed by atoms with Gasteiger partial charge in [0.05, 0.1) is 23.6 Å². The minimum absolute atomic E-state index is 0.211. The van der Waals surface area contributed by atoms with Crippen LogP contribution in [-0.2, 0) is 11.0 Å². The van der Waals surface area contributed by atoms with Crippen LogP contribution in [0.15, 0.2) is 53.7 Å². The molecule has 1 atom stereocenters. The molecule has 0 aliphatic heterocycles. The second kappa shape index (κ2) is 9.46. The third-order valence-electron chi connectivity index (χ3n) is 4.56. The fraction of sp³-hybridized carbons (Fsp3) is 0.348. The van der Waals surface area contributed by atoms with Crippen molar-refractivity contribution in [3.8, 4) is 22.8 Å². The predicted molar refractivity (Wildman–Crippen MR) is 122 cm³/mol. The van der Waals surface area contributed by atoms with E-state index in [4.69, 9.17) is 4.74 Å². The van der Waals surface area contributed by atoms with Gasteiger partial charge in [-0.3, -0.25) is 9.36 Å². The number of nitrogens with zero attached hydrogens (tertiary/aromatic N) is 3. The molecule has 33 heavy (non-hydrogen) atoms. The van der Waals surface area contributed by atoms with Gasteiger partial charge in [0.25, 0.3) is 0 Å². The minimum Gasteiger partial charge on any atom is -0.497 e. The predicted octanol–water partition coefficient (Wildman–Crippen LogP) is 5.36. The smallest absolute Gasteiger partial charge is 0.416 e. The zero-order chi connectivity index (χ0) is 24.4. The molecule has 1 amide bonds. The highest BCUT2D eigenvalue weighted by Gasteiger charge is 2.31.